The standard InChI is InChI=1S/C15H21BrN2/c1-10-7-11(2)15(14(16)8-10)18-6-5-13(9-18)17-12-3-4-12/h7-8,12-13,17H,3-6,9H2,1-2H3. The number of hydrogen-bond acceptors (Lipinski definition) is 2. The van der Waals surface area contributed by atoms with Crippen LogP contribution in [0.2, 0.25) is 0 Å². The van der Waals surface area contributed by atoms with Crippen molar-refractivity contribution in [1.29, 1.82) is 0 Å². The first-order valence-corrected chi connectivity index (χ1v) is 7.70. The first kappa shape index (κ1) is 12.5. The highest BCUT2D eigenvalue weighted by Gasteiger charge is 2.30. The van der Waals surface area contributed by atoms with Crippen LogP contribution in [0.3, 0.4) is 0 Å². The first-order valence-electron chi connectivity index (χ1n) is 6.91. The fourth-order valence-electron chi connectivity index (χ4n) is 2.99. The largest absolute Gasteiger partial charge is 0.369 e. The third kappa shape index (κ3) is 2.57. The fourth-order valence-corrected chi connectivity index (χ4v) is 3.92. The Bertz CT molecular complexity index is 431. The number of hydrogen-bond donors (Lipinski definition) is 1. The van der Waals surface area contributed by atoms with Crippen LogP contribution in [0, 0.1) is 13.8 Å². The second-order valence-electron chi connectivity index (χ2n) is 5.78. The highest BCUT2D eigenvalue weighted by molar-refractivity contribution is 9.10. The molecule has 18 heavy (non-hydrogen) atoms. The van der Waals surface area contributed by atoms with Gasteiger partial charge < -0.3 is 10.2 Å². The van der Waals surface area contributed by atoms with Crippen molar-refractivity contribution in [1.82, 2.24) is 5.32 Å². The summed E-state index contributed by atoms with van der Waals surface area (Å²) >= 11 is 3.73. The molecule has 3 heteroatoms. The molecule has 1 aliphatic heterocycles. The maximum atomic E-state index is 3.75. The molecule has 1 unspecified atom stereocenters. The van der Waals surface area contributed by atoms with Crippen molar-refractivity contribution >= 4 is 21.6 Å². The molecule has 0 spiro atoms. The van der Waals surface area contributed by atoms with Crippen LogP contribution < -0.4 is 10.2 Å². The van der Waals surface area contributed by atoms with Gasteiger partial charge in [-0.1, -0.05) is 6.07 Å². The van der Waals surface area contributed by atoms with Gasteiger partial charge in [-0.2, -0.15) is 0 Å². The van der Waals surface area contributed by atoms with Gasteiger partial charge in [-0.3, -0.25) is 0 Å². The summed E-state index contributed by atoms with van der Waals surface area (Å²) in [7, 11) is 0. The van der Waals surface area contributed by atoms with E-state index in [2.05, 4.69) is 52.1 Å². The average molecular weight is 309 g/mol. The lowest BCUT2D eigenvalue weighted by atomic mass is 10.1. The van der Waals surface area contributed by atoms with Crippen LogP contribution in [-0.4, -0.2) is 25.2 Å². The van der Waals surface area contributed by atoms with Crippen molar-refractivity contribution in [3.8, 4) is 0 Å². The first-order chi connectivity index (χ1) is 8.63. The van der Waals surface area contributed by atoms with Crippen molar-refractivity contribution in [2.75, 3.05) is 18.0 Å². The SMILES string of the molecule is Cc1cc(C)c(N2CCC(NC3CC3)C2)c(Br)c1. The van der Waals surface area contributed by atoms with E-state index < -0.39 is 0 Å². The fraction of sp³-hybridized carbons (Fsp3) is 0.600. The van der Waals surface area contributed by atoms with Crippen molar-refractivity contribution in [2.45, 2.75) is 45.2 Å². The smallest absolute Gasteiger partial charge is 0.0541 e. The van der Waals surface area contributed by atoms with E-state index in [4.69, 9.17) is 0 Å². The number of rotatable bonds is 3. The lowest BCUT2D eigenvalue weighted by Gasteiger charge is -2.23. The molecular formula is C15H21BrN2. The zero-order valence-corrected chi connectivity index (χ0v) is 12.8. The molecule has 1 aromatic rings. The quantitative estimate of drug-likeness (QED) is 0.920. The zero-order valence-electron chi connectivity index (χ0n) is 11.2. The molecule has 0 aromatic heterocycles. The predicted octanol–water partition coefficient (Wildman–Crippen LogP) is 3.40. The average Bonchev–Trinajstić information content (AvgIpc) is 2.96. The van der Waals surface area contributed by atoms with Gasteiger partial charge >= 0.3 is 0 Å². The second-order valence-corrected chi connectivity index (χ2v) is 6.64. The summed E-state index contributed by atoms with van der Waals surface area (Å²) in [6.45, 7) is 6.70. The van der Waals surface area contributed by atoms with Gasteiger partial charge in [0.25, 0.3) is 0 Å². The molecule has 1 aliphatic carbocycles. The van der Waals surface area contributed by atoms with E-state index in [0.717, 1.165) is 12.6 Å². The Balaban J connectivity index is 1.75. The van der Waals surface area contributed by atoms with Crippen molar-refractivity contribution < 1.29 is 0 Å². The third-order valence-corrected chi connectivity index (χ3v) is 4.56. The molecule has 1 saturated heterocycles. The lowest BCUT2D eigenvalue weighted by Crippen LogP contribution is -2.34. The molecule has 0 amide bonds. The Morgan fingerprint density at radius 3 is 2.61 bits per heavy atom. The van der Waals surface area contributed by atoms with Gasteiger partial charge in [0.1, 0.15) is 0 Å². The van der Waals surface area contributed by atoms with E-state index >= 15 is 0 Å². The van der Waals surface area contributed by atoms with Crippen molar-refractivity contribution in [2.24, 2.45) is 0 Å². The molecule has 0 radical (unpaired) electrons. The van der Waals surface area contributed by atoms with Crippen LogP contribution >= 0.6 is 15.9 Å². The Morgan fingerprint density at radius 2 is 1.94 bits per heavy atom. The highest BCUT2D eigenvalue weighted by Crippen LogP contribution is 2.34. The van der Waals surface area contributed by atoms with E-state index in [1.807, 2.05) is 0 Å². The Kier molecular flexibility index (Phi) is 3.37. The molecule has 2 nitrogen and oxygen atoms in total. The van der Waals surface area contributed by atoms with Gasteiger partial charge in [0.05, 0.1) is 5.69 Å². The molecule has 0 bridgehead atoms. The van der Waals surface area contributed by atoms with E-state index in [-0.39, 0.29) is 0 Å². The van der Waals surface area contributed by atoms with Crippen LogP contribution in [0.4, 0.5) is 5.69 Å². The summed E-state index contributed by atoms with van der Waals surface area (Å²) in [5.41, 5.74) is 4.10. The number of nitrogens with zero attached hydrogens (tertiary/aromatic N) is 1. The number of halogens is 1. The van der Waals surface area contributed by atoms with E-state index in [9.17, 15) is 0 Å². The molecule has 1 heterocycles. The Labute approximate surface area is 118 Å². The number of benzene rings is 1. The van der Waals surface area contributed by atoms with E-state index in [1.165, 1.54) is 47.1 Å². The third-order valence-electron chi connectivity index (χ3n) is 3.95. The van der Waals surface area contributed by atoms with Crippen molar-refractivity contribution in [3.63, 3.8) is 0 Å². The minimum absolute atomic E-state index is 0.685. The molecule has 2 aliphatic rings. The minimum Gasteiger partial charge on any atom is -0.369 e. The number of nitrogens with one attached hydrogen (secondary N) is 1. The summed E-state index contributed by atoms with van der Waals surface area (Å²) in [4.78, 5) is 2.53. The van der Waals surface area contributed by atoms with Crippen LogP contribution in [0.25, 0.3) is 0 Å². The summed E-state index contributed by atoms with van der Waals surface area (Å²) in [6.07, 6.45) is 4.03. The molecule has 1 N–H and O–H groups in total. The Hall–Kier alpha value is -0.540. The van der Waals surface area contributed by atoms with Gasteiger partial charge in [0.2, 0.25) is 0 Å². The summed E-state index contributed by atoms with van der Waals surface area (Å²) in [5, 5.41) is 3.75. The predicted molar refractivity (Wildman–Crippen MR) is 80.4 cm³/mol. The van der Waals surface area contributed by atoms with Gasteiger partial charge in [0, 0.05) is 29.6 Å². The molecular weight excluding hydrogens is 288 g/mol. The molecule has 1 atom stereocenters. The van der Waals surface area contributed by atoms with Crippen molar-refractivity contribution in [3.05, 3.63) is 27.7 Å². The monoisotopic (exact) mass is 308 g/mol. The van der Waals surface area contributed by atoms with Crippen LogP contribution in [0.5, 0.6) is 0 Å². The second kappa shape index (κ2) is 4.86. The van der Waals surface area contributed by atoms with E-state index in [0.29, 0.717) is 6.04 Å². The molecule has 98 valence electrons. The number of anilines is 1. The van der Waals surface area contributed by atoms with Gasteiger partial charge in [-0.25, -0.2) is 0 Å². The normalized spacial score (nSPS) is 23.7. The van der Waals surface area contributed by atoms with Gasteiger partial charge in [-0.05, 0) is 66.2 Å². The summed E-state index contributed by atoms with van der Waals surface area (Å²) in [6, 6.07) is 6.01. The molecule has 1 saturated carbocycles. The lowest BCUT2D eigenvalue weighted by molar-refractivity contribution is 0.548. The highest BCUT2D eigenvalue weighted by atomic mass is 79.9. The van der Waals surface area contributed by atoms with Gasteiger partial charge in [0.15, 0.2) is 0 Å². The Morgan fingerprint density at radius 1 is 1.17 bits per heavy atom. The molecule has 1 aromatic carbocycles. The van der Waals surface area contributed by atoms with Crippen LogP contribution in [0.1, 0.15) is 30.4 Å². The maximum Gasteiger partial charge on any atom is 0.0541 e. The van der Waals surface area contributed by atoms with Crippen LogP contribution in [-0.2, 0) is 0 Å². The number of aryl methyl sites for hydroxylation is 2. The molecule has 2 fully saturated rings. The summed E-state index contributed by atoms with van der Waals surface area (Å²) in [5.74, 6) is 0. The topological polar surface area (TPSA) is 15.3 Å². The summed E-state index contributed by atoms with van der Waals surface area (Å²) < 4.78 is 1.24. The van der Waals surface area contributed by atoms with Gasteiger partial charge in [-0.15, -0.1) is 0 Å². The van der Waals surface area contributed by atoms with Crippen LogP contribution in [0.15, 0.2) is 16.6 Å². The molecule has 3 rings (SSSR count). The van der Waals surface area contributed by atoms with E-state index in [1.54, 1.807) is 0 Å². The zero-order chi connectivity index (χ0) is 12.7. The maximum absolute atomic E-state index is 3.75. The minimum atomic E-state index is 0.685.